The van der Waals surface area contributed by atoms with Crippen LogP contribution in [0.4, 0.5) is 0 Å². The Morgan fingerprint density at radius 2 is 1.79 bits per heavy atom. The lowest BCUT2D eigenvalue weighted by molar-refractivity contribution is -0.146. The minimum Gasteiger partial charge on any atom is -0.444 e. The van der Waals surface area contributed by atoms with Crippen LogP contribution in [-0.4, -0.2) is 49.0 Å². The Labute approximate surface area is 160 Å². The van der Waals surface area contributed by atoms with Crippen LogP contribution in [0.5, 0.6) is 0 Å². The molecule has 0 bridgehead atoms. The van der Waals surface area contributed by atoms with Gasteiger partial charge in [-0.05, 0) is 38.0 Å². The lowest BCUT2D eigenvalue weighted by atomic mass is 10.1. The Hall–Kier alpha value is -3.62. The van der Waals surface area contributed by atoms with Crippen LogP contribution >= 0.6 is 0 Å². The first-order chi connectivity index (χ1) is 13.5. The molecule has 142 valence electrons. The van der Waals surface area contributed by atoms with E-state index in [1.807, 2.05) is 13.8 Å². The molecule has 2 amide bonds. The summed E-state index contributed by atoms with van der Waals surface area (Å²) in [4.78, 5) is 46.1. The molecule has 0 saturated carbocycles. The molecule has 9 nitrogen and oxygen atoms in total. The first-order valence-electron chi connectivity index (χ1n) is 8.74. The predicted molar refractivity (Wildman–Crippen MR) is 96.5 cm³/mol. The van der Waals surface area contributed by atoms with E-state index in [0.29, 0.717) is 23.3 Å². The van der Waals surface area contributed by atoms with Gasteiger partial charge in [-0.2, -0.15) is 10.1 Å². The van der Waals surface area contributed by atoms with Gasteiger partial charge in [-0.1, -0.05) is 12.1 Å². The molecule has 0 saturated heterocycles. The summed E-state index contributed by atoms with van der Waals surface area (Å²) >= 11 is 0. The third kappa shape index (κ3) is 2.90. The summed E-state index contributed by atoms with van der Waals surface area (Å²) in [5, 5.41) is 4.12. The molecule has 0 N–H and O–H groups in total. The average Bonchev–Trinajstić information content (AvgIpc) is 3.24. The summed E-state index contributed by atoms with van der Waals surface area (Å²) in [6.45, 7) is 3.33. The largest absolute Gasteiger partial charge is 0.444 e. The normalized spacial score (nSPS) is 13.3. The van der Waals surface area contributed by atoms with Crippen molar-refractivity contribution in [2.24, 2.45) is 0 Å². The number of hydrogen-bond donors (Lipinski definition) is 0. The second-order valence-electron chi connectivity index (χ2n) is 6.46. The summed E-state index contributed by atoms with van der Waals surface area (Å²) < 4.78 is 6.78. The zero-order valence-electron chi connectivity index (χ0n) is 15.4. The fraction of sp³-hybridized carbons (Fsp3) is 0.263. The van der Waals surface area contributed by atoms with Crippen LogP contribution in [0, 0.1) is 13.8 Å². The van der Waals surface area contributed by atoms with Crippen LogP contribution in [0.1, 0.15) is 44.1 Å². The molecule has 4 rings (SSSR count). The van der Waals surface area contributed by atoms with E-state index in [-0.39, 0.29) is 6.42 Å². The number of benzene rings is 1. The van der Waals surface area contributed by atoms with E-state index in [9.17, 15) is 14.4 Å². The van der Waals surface area contributed by atoms with E-state index >= 15 is 0 Å². The standard InChI is InChI=1S/C19H17N5O4/c1-11-13(12(2)24-19(22-11)20-9-21-24)7-8-16(25)28-10-23-17(26)14-5-3-4-6-15(14)18(23)27/h3-6,9H,7-8,10H2,1-2H3. The third-order valence-electron chi connectivity index (χ3n) is 4.80. The Morgan fingerprint density at radius 1 is 1.11 bits per heavy atom. The molecule has 1 aliphatic heterocycles. The lowest BCUT2D eigenvalue weighted by Crippen LogP contribution is -2.33. The zero-order valence-corrected chi connectivity index (χ0v) is 15.4. The van der Waals surface area contributed by atoms with Gasteiger partial charge in [-0.3, -0.25) is 14.4 Å². The molecule has 0 unspecified atom stereocenters. The number of nitrogens with zero attached hydrogens (tertiary/aromatic N) is 5. The van der Waals surface area contributed by atoms with E-state index in [2.05, 4.69) is 15.1 Å². The number of carbonyl (C=O) groups excluding carboxylic acids is 3. The van der Waals surface area contributed by atoms with Crippen molar-refractivity contribution in [1.82, 2.24) is 24.5 Å². The molecule has 3 heterocycles. The van der Waals surface area contributed by atoms with Crippen molar-refractivity contribution in [1.29, 1.82) is 0 Å². The molecule has 0 atom stereocenters. The van der Waals surface area contributed by atoms with Crippen LogP contribution in [0.3, 0.4) is 0 Å². The average molecular weight is 379 g/mol. The monoisotopic (exact) mass is 379 g/mol. The van der Waals surface area contributed by atoms with Gasteiger partial charge in [0.05, 0.1) is 11.1 Å². The highest BCUT2D eigenvalue weighted by molar-refractivity contribution is 6.21. The quantitative estimate of drug-likeness (QED) is 0.488. The van der Waals surface area contributed by atoms with Crippen molar-refractivity contribution in [3.8, 4) is 0 Å². The summed E-state index contributed by atoms with van der Waals surface area (Å²) in [5.41, 5.74) is 3.15. The van der Waals surface area contributed by atoms with Gasteiger partial charge in [-0.25, -0.2) is 14.4 Å². The van der Waals surface area contributed by atoms with E-state index in [1.165, 1.54) is 6.33 Å². The number of ether oxygens (including phenoxy) is 1. The van der Waals surface area contributed by atoms with Crippen molar-refractivity contribution < 1.29 is 19.1 Å². The number of rotatable bonds is 5. The molecule has 0 radical (unpaired) electrons. The maximum Gasteiger partial charge on any atom is 0.307 e. The van der Waals surface area contributed by atoms with Crippen molar-refractivity contribution in [3.05, 3.63) is 58.7 Å². The Balaban J connectivity index is 1.39. The van der Waals surface area contributed by atoms with Crippen molar-refractivity contribution in [3.63, 3.8) is 0 Å². The van der Waals surface area contributed by atoms with Gasteiger partial charge >= 0.3 is 5.97 Å². The number of aromatic nitrogens is 4. The van der Waals surface area contributed by atoms with Crippen LogP contribution in [0.15, 0.2) is 30.6 Å². The van der Waals surface area contributed by atoms with Gasteiger partial charge in [-0.15, -0.1) is 0 Å². The molecular formula is C19H17N5O4. The molecule has 1 aromatic carbocycles. The second kappa shape index (κ2) is 6.84. The lowest BCUT2D eigenvalue weighted by Gasteiger charge is -2.14. The number of imide groups is 1. The van der Waals surface area contributed by atoms with E-state index in [0.717, 1.165) is 21.9 Å². The van der Waals surface area contributed by atoms with Crippen molar-refractivity contribution >= 4 is 23.6 Å². The summed E-state index contributed by atoms with van der Waals surface area (Å²) in [6.07, 6.45) is 1.92. The maximum absolute atomic E-state index is 12.3. The van der Waals surface area contributed by atoms with Crippen LogP contribution in [-0.2, 0) is 16.0 Å². The van der Waals surface area contributed by atoms with Crippen LogP contribution in [0.25, 0.3) is 5.78 Å². The van der Waals surface area contributed by atoms with E-state index in [4.69, 9.17) is 4.74 Å². The van der Waals surface area contributed by atoms with Crippen molar-refractivity contribution in [2.45, 2.75) is 26.7 Å². The van der Waals surface area contributed by atoms with Gasteiger partial charge in [0.25, 0.3) is 17.6 Å². The van der Waals surface area contributed by atoms with Gasteiger partial charge in [0, 0.05) is 17.8 Å². The summed E-state index contributed by atoms with van der Waals surface area (Å²) in [5.74, 6) is -0.914. The fourth-order valence-corrected chi connectivity index (χ4v) is 3.31. The molecule has 28 heavy (non-hydrogen) atoms. The van der Waals surface area contributed by atoms with Crippen molar-refractivity contribution in [2.75, 3.05) is 6.73 Å². The molecule has 0 aliphatic carbocycles. The molecule has 0 fully saturated rings. The molecule has 9 heteroatoms. The molecular weight excluding hydrogens is 362 g/mol. The van der Waals surface area contributed by atoms with Gasteiger partial charge in [0.2, 0.25) is 0 Å². The summed E-state index contributed by atoms with van der Waals surface area (Å²) in [6, 6.07) is 6.53. The minimum absolute atomic E-state index is 0.0900. The molecule has 1 aliphatic rings. The molecule has 2 aromatic heterocycles. The number of esters is 1. The number of aryl methyl sites for hydroxylation is 2. The topological polar surface area (TPSA) is 107 Å². The Kier molecular flexibility index (Phi) is 4.34. The molecule has 0 spiro atoms. The van der Waals surface area contributed by atoms with Gasteiger partial charge in [0.1, 0.15) is 6.33 Å². The zero-order chi connectivity index (χ0) is 19.8. The highest BCUT2D eigenvalue weighted by Crippen LogP contribution is 2.22. The number of fused-ring (bicyclic) bond motifs is 2. The van der Waals surface area contributed by atoms with E-state index < -0.39 is 24.5 Å². The first kappa shape index (κ1) is 17.8. The smallest absolute Gasteiger partial charge is 0.307 e. The molecule has 3 aromatic rings. The second-order valence-corrected chi connectivity index (χ2v) is 6.46. The Bertz CT molecular complexity index is 1090. The number of carbonyl (C=O) groups is 3. The van der Waals surface area contributed by atoms with Gasteiger partial charge in [0.15, 0.2) is 6.73 Å². The maximum atomic E-state index is 12.3. The Morgan fingerprint density at radius 3 is 2.46 bits per heavy atom. The number of amides is 2. The highest BCUT2D eigenvalue weighted by Gasteiger charge is 2.35. The fourth-order valence-electron chi connectivity index (χ4n) is 3.31. The van der Waals surface area contributed by atoms with E-state index in [1.54, 1.807) is 28.8 Å². The predicted octanol–water partition coefficient (Wildman–Crippen LogP) is 1.47. The third-order valence-corrected chi connectivity index (χ3v) is 4.80. The first-order valence-corrected chi connectivity index (χ1v) is 8.74. The highest BCUT2D eigenvalue weighted by atomic mass is 16.5. The SMILES string of the molecule is Cc1nc2ncnn2c(C)c1CCC(=O)OCN1C(=O)c2ccccc2C1=O. The van der Waals surface area contributed by atoms with Gasteiger partial charge < -0.3 is 4.74 Å². The number of hydrogen-bond acceptors (Lipinski definition) is 7. The van der Waals surface area contributed by atoms with Crippen LogP contribution < -0.4 is 0 Å². The minimum atomic E-state index is -0.506. The summed E-state index contributed by atoms with van der Waals surface area (Å²) in [7, 11) is 0. The van der Waals surface area contributed by atoms with Crippen LogP contribution in [0.2, 0.25) is 0 Å².